The van der Waals surface area contributed by atoms with Crippen LogP contribution in [0.4, 0.5) is 5.82 Å². The third kappa shape index (κ3) is 5.27. The molecule has 1 aliphatic heterocycles. The number of nitrogens with one attached hydrogen (secondary N) is 2. The number of hydrogen-bond acceptors (Lipinski definition) is 5. The highest BCUT2D eigenvalue weighted by molar-refractivity contribution is 7.89. The summed E-state index contributed by atoms with van der Waals surface area (Å²) >= 11 is 0. The summed E-state index contributed by atoms with van der Waals surface area (Å²) in [6.45, 7) is 3.45. The van der Waals surface area contributed by atoms with Gasteiger partial charge in [-0.25, -0.2) is 18.1 Å². The predicted octanol–water partition coefficient (Wildman–Crippen LogP) is 1.45. The first-order valence-corrected chi connectivity index (χ1v) is 10.4. The van der Waals surface area contributed by atoms with Gasteiger partial charge in [-0.3, -0.25) is 4.79 Å². The lowest BCUT2D eigenvalue weighted by Crippen LogP contribution is -2.39. The van der Waals surface area contributed by atoms with Crippen molar-refractivity contribution in [2.75, 3.05) is 24.5 Å². The van der Waals surface area contributed by atoms with Gasteiger partial charge >= 0.3 is 0 Å². The molecule has 144 valence electrons. The molecule has 2 N–H and O–H groups in total. The largest absolute Gasteiger partial charge is 0.354 e. The molecule has 7 nitrogen and oxygen atoms in total. The highest BCUT2D eigenvalue weighted by Crippen LogP contribution is 2.17. The van der Waals surface area contributed by atoms with Gasteiger partial charge in [-0.05, 0) is 43.2 Å². The molecule has 1 aromatic carbocycles. The van der Waals surface area contributed by atoms with Gasteiger partial charge in [0.25, 0.3) is 0 Å². The molecular formula is C19H24N4O3S. The highest BCUT2D eigenvalue weighted by atomic mass is 32.2. The topological polar surface area (TPSA) is 91.4 Å². The Bertz CT molecular complexity index is 887. The van der Waals surface area contributed by atoms with E-state index in [0.717, 1.165) is 24.3 Å². The lowest BCUT2D eigenvalue weighted by Gasteiger charge is -2.17. The molecule has 1 atom stereocenters. The average Bonchev–Trinajstić information content (AvgIpc) is 3.11. The Kier molecular flexibility index (Phi) is 6.08. The van der Waals surface area contributed by atoms with E-state index in [0.29, 0.717) is 6.54 Å². The van der Waals surface area contributed by atoms with Crippen molar-refractivity contribution in [2.24, 2.45) is 0 Å². The van der Waals surface area contributed by atoms with E-state index in [1.165, 1.54) is 0 Å². The van der Waals surface area contributed by atoms with Crippen LogP contribution in [0.15, 0.2) is 53.6 Å². The van der Waals surface area contributed by atoms with Gasteiger partial charge in [0.15, 0.2) is 0 Å². The summed E-state index contributed by atoms with van der Waals surface area (Å²) in [4.78, 5) is 18.8. The maximum Gasteiger partial charge on any atom is 0.240 e. The Balaban J connectivity index is 1.44. The molecule has 1 unspecified atom stereocenters. The molecule has 0 aliphatic carbocycles. The smallest absolute Gasteiger partial charge is 0.240 e. The third-order valence-electron chi connectivity index (χ3n) is 4.47. The molecule has 27 heavy (non-hydrogen) atoms. The van der Waals surface area contributed by atoms with E-state index < -0.39 is 10.0 Å². The summed E-state index contributed by atoms with van der Waals surface area (Å²) in [6.07, 6.45) is 2.70. The number of benzene rings is 1. The van der Waals surface area contributed by atoms with Gasteiger partial charge in [0.2, 0.25) is 15.9 Å². The van der Waals surface area contributed by atoms with Gasteiger partial charge in [-0.1, -0.05) is 18.2 Å². The van der Waals surface area contributed by atoms with Crippen LogP contribution >= 0.6 is 0 Å². The lowest BCUT2D eigenvalue weighted by molar-refractivity contribution is -0.121. The summed E-state index contributed by atoms with van der Waals surface area (Å²) in [5.41, 5.74) is 0.870. The molecule has 8 heteroatoms. The molecule has 2 aromatic rings. The Labute approximate surface area is 159 Å². The number of amides is 1. The van der Waals surface area contributed by atoms with Crippen molar-refractivity contribution in [3.05, 3.63) is 54.2 Å². The standard InChI is InChI=1S/C19H24N4O3S/c1-15-5-4-6-17(13-15)27(25,26)21-11-8-19(24)22-16-9-12-23(14-16)18-7-2-3-10-20-18/h2-7,10,13,16,21H,8-9,11-12,14H2,1H3,(H,22,24). The SMILES string of the molecule is Cc1cccc(S(=O)(=O)NCCC(=O)NC2CCN(c3ccccn3)C2)c1. The molecular weight excluding hydrogens is 364 g/mol. The van der Waals surface area contributed by atoms with Crippen LogP contribution in [0.25, 0.3) is 0 Å². The second-order valence-electron chi connectivity index (χ2n) is 6.65. The van der Waals surface area contributed by atoms with E-state index in [-0.39, 0.29) is 29.8 Å². The van der Waals surface area contributed by atoms with Gasteiger partial charge in [0, 0.05) is 38.3 Å². The average molecular weight is 388 g/mol. The maximum atomic E-state index is 12.3. The Morgan fingerprint density at radius 3 is 2.85 bits per heavy atom. The molecule has 0 spiro atoms. The monoisotopic (exact) mass is 388 g/mol. The van der Waals surface area contributed by atoms with Crippen molar-refractivity contribution in [2.45, 2.75) is 30.7 Å². The first-order chi connectivity index (χ1) is 12.9. The summed E-state index contributed by atoms with van der Waals surface area (Å²) in [7, 11) is -3.60. The molecule has 0 radical (unpaired) electrons. The van der Waals surface area contributed by atoms with Crippen LogP contribution in [-0.4, -0.2) is 45.0 Å². The number of hydrogen-bond donors (Lipinski definition) is 2. The van der Waals surface area contributed by atoms with Crippen molar-refractivity contribution < 1.29 is 13.2 Å². The van der Waals surface area contributed by atoms with Crippen LogP contribution in [0.5, 0.6) is 0 Å². The quantitative estimate of drug-likeness (QED) is 0.749. The molecule has 0 bridgehead atoms. The number of aromatic nitrogens is 1. The number of anilines is 1. The third-order valence-corrected chi connectivity index (χ3v) is 5.93. The van der Waals surface area contributed by atoms with E-state index in [4.69, 9.17) is 0 Å². The molecule has 1 saturated heterocycles. The fourth-order valence-electron chi connectivity index (χ4n) is 3.09. The molecule has 1 aromatic heterocycles. The Morgan fingerprint density at radius 2 is 2.11 bits per heavy atom. The van der Waals surface area contributed by atoms with E-state index in [1.807, 2.05) is 31.2 Å². The predicted molar refractivity (Wildman–Crippen MR) is 104 cm³/mol. The van der Waals surface area contributed by atoms with Crippen molar-refractivity contribution in [1.82, 2.24) is 15.0 Å². The fraction of sp³-hybridized carbons (Fsp3) is 0.368. The number of sulfonamides is 1. The minimum atomic E-state index is -3.60. The summed E-state index contributed by atoms with van der Waals surface area (Å²) < 4.78 is 27.0. The lowest BCUT2D eigenvalue weighted by atomic mass is 10.2. The normalized spacial score (nSPS) is 17.1. The zero-order chi connectivity index (χ0) is 19.3. The summed E-state index contributed by atoms with van der Waals surface area (Å²) in [5, 5.41) is 2.97. The van der Waals surface area contributed by atoms with Gasteiger partial charge in [-0.15, -0.1) is 0 Å². The minimum absolute atomic E-state index is 0.0490. The van der Waals surface area contributed by atoms with Gasteiger partial charge in [0.1, 0.15) is 5.82 Å². The molecule has 0 saturated carbocycles. The summed E-state index contributed by atoms with van der Waals surface area (Å²) in [6, 6.07) is 12.5. The van der Waals surface area contributed by atoms with E-state index in [9.17, 15) is 13.2 Å². The molecule has 2 heterocycles. The second kappa shape index (κ2) is 8.49. The van der Waals surface area contributed by atoms with Crippen LogP contribution in [-0.2, 0) is 14.8 Å². The van der Waals surface area contributed by atoms with Gasteiger partial charge < -0.3 is 10.2 Å². The van der Waals surface area contributed by atoms with E-state index >= 15 is 0 Å². The molecule has 1 fully saturated rings. The van der Waals surface area contributed by atoms with Crippen LogP contribution in [0.2, 0.25) is 0 Å². The number of nitrogens with zero attached hydrogens (tertiary/aromatic N) is 2. The number of rotatable bonds is 7. The van der Waals surface area contributed by atoms with Crippen LogP contribution in [0.3, 0.4) is 0 Å². The molecule has 1 aliphatic rings. The second-order valence-corrected chi connectivity index (χ2v) is 8.42. The first kappa shape index (κ1) is 19.3. The maximum absolute atomic E-state index is 12.3. The molecule has 1 amide bonds. The summed E-state index contributed by atoms with van der Waals surface area (Å²) in [5.74, 6) is 0.745. The van der Waals surface area contributed by atoms with Crippen molar-refractivity contribution in [3.8, 4) is 0 Å². The van der Waals surface area contributed by atoms with Crippen molar-refractivity contribution in [3.63, 3.8) is 0 Å². The van der Waals surface area contributed by atoms with Crippen molar-refractivity contribution in [1.29, 1.82) is 0 Å². The number of pyridine rings is 1. The van der Waals surface area contributed by atoms with Gasteiger partial charge in [-0.2, -0.15) is 0 Å². The molecule has 3 rings (SSSR count). The van der Waals surface area contributed by atoms with Crippen LogP contribution in [0.1, 0.15) is 18.4 Å². The zero-order valence-corrected chi connectivity index (χ0v) is 16.1. The number of carbonyl (C=O) groups excluding carboxylic acids is 1. The van der Waals surface area contributed by atoms with Crippen LogP contribution in [0, 0.1) is 6.92 Å². The number of aryl methyl sites for hydroxylation is 1. The van der Waals surface area contributed by atoms with Gasteiger partial charge in [0.05, 0.1) is 4.90 Å². The van der Waals surface area contributed by atoms with Crippen LogP contribution < -0.4 is 14.9 Å². The van der Waals surface area contributed by atoms with Crippen molar-refractivity contribution >= 4 is 21.7 Å². The first-order valence-electron chi connectivity index (χ1n) is 8.96. The number of carbonyl (C=O) groups is 1. The van der Waals surface area contributed by atoms with E-state index in [1.54, 1.807) is 24.4 Å². The van der Waals surface area contributed by atoms with E-state index in [2.05, 4.69) is 19.9 Å². The minimum Gasteiger partial charge on any atom is -0.354 e. The zero-order valence-electron chi connectivity index (χ0n) is 15.3. The fourth-order valence-corrected chi connectivity index (χ4v) is 4.23. The Hall–Kier alpha value is -2.45. The Morgan fingerprint density at radius 1 is 1.26 bits per heavy atom. The highest BCUT2D eigenvalue weighted by Gasteiger charge is 2.24.